The molecule has 0 bridgehead atoms. The minimum Gasteiger partial charge on any atom is -0.384 e. The summed E-state index contributed by atoms with van der Waals surface area (Å²) < 4.78 is 3.99. The highest BCUT2D eigenvalue weighted by Crippen LogP contribution is 2.26. The van der Waals surface area contributed by atoms with E-state index >= 15 is 0 Å². The van der Waals surface area contributed by atoms with Gasteiger partial charge in [-0.15, -0.1) is 5.10 Å². The van der Waals surface area contributed by atoms with E-state index in [0.29, 0.717) is 11.5 Å². The molecule has 0 aliphatic rings. The first-order chi connectivity index (χ1) is 8.78. The van der Waals surface area contributed by atoms with E-state index in [-0.39, 0.29) is 0 Å². The van der Waals surface area contributed by atoms with Crippen molar-refractivity contribution in [3.05, 3.63) is 17.8 Å². The van der Waals surface area contributed by atoms with Crippen molar-refractivity contribution >= 4 is 28.5 Å². The number of aromatic amines is 1. The molecule has 0 spiro atoms. The standard InChI is InChI=1S/C11H12N6S/c1-2-3-6-9(18-17-16-6)11-13-7-4-5-8(12)14-10(7)15-11/h4-5H,2-3H2,1H3,(H3,12,13,14,15). The molecule has 0 saturated heterocycles. The molecule has 3 rings (SSSR count). The van der Waals surface area contributed by atoms with E-state index in [9.17, 15) is 0 Å². The van der Waals surface area contributed by atoms with Gasteiger partial charge in [0.25, 0.3) is 0 Å². The van der Waals surface area contributed by atoms with Crippen molar-refractivity contribution in [3.8, 4) is 10.7 Å². The summed E-state index contributed by atoms with van der Waals surface area (Å²) in [4.78, 5) is 12.8. The third-order valence-corrected chi connectivity index (χ3v) is 3.40. The van der Waals surface area contributed by atoms with E-state index < -0.39 is 0 Å². The molecule has 0 saturated carbocycles. The van der Waals surface area contributed by atoms with Crippen molar-refractivity contribution in [3.63, 3.8) is 0 Å². The number of H-pyrrole nitrogens is 1. The molecule has 0 aliphatic heterocycles. The predicted molar refractivity (Wildman–Crippen MR) is 71.2 cm³/mol. The van der Waals surface area contributed by atoms with Crippen LogP contribution in [0.1, 0.15) is 19.0 Å². The Morgan fingerprint density at radius 1 is 1.33 bits per heavy atom. The van der Waals surface area contributed by atoms with Crippen LogP contribution in [0.4, 0.5) is 5.82 Å². The number of pyridine rings is 1. The zero-order chi connectivity index (χ0) is 12.5. The van der Waals surface area contributed by atoms with Crippen LogP contribution < -0.4 is 5.73 Å². The van der Waals surface area contributed by atoms with E-state index in [1.165, 1.54) is 11.5 Å². The SMILES string of the molecule is CCCc1nnsc1-c1nc2nc(N)ccc2[nH]1. The lowest BCUT2D eigenvalue weighted by atomic mass is 10.2. The maximum absolute atomic E-state index is 5.64. The lowest BCUT2D eigenvalue weighted by molar-refractivity contribution is 0.870. The van der Waals surface area contributed by atoms with Crippen molar-refractivity contribution in [1.82, 2.24) is 24.5 Å². The molecule has 0 unspecified atom stereocenters. The topological polar surface area (TPSA) is 93.4 Å². The molecular formula is C11H12N6S. The fourth-order valence-corrected chi connectivity index (χ4v) is 2.46. The van der Waals surface area contributed by atoms with Crippen molar-refractivity contribution in [2.75, 3.05) is 5.73 Å². The number of nitrogen functional groups attached to an aromatic ring is 1. The van der Waals surface area contributed by atoms with E-state index in [1.807, 2.05) is 6.07 Å². The van der Waals surface area contributed by atoms with Gasteiger partial charge in [0.05, 0.1) is 11.2 Å². The molecule has 0 amide bonds. The third kappa shape index (κ3) is 1.82. The summed E-state index contributed by atoms with van der Waals surface area (Å²) in [5.74, 6) is 1.23. The molecule has 3 heterocycles. The van der Waals surface area contributed by atoms with Crippen molar-refractivity contribution in [2.45, 2.75) is 19.8 Å². The number of hydrogen-bond donors (Lipinski definition) is 2. The van der Waals surface area contributed by atoms with Crippen LogP contribution in [-0.4, -0.2) is 24.5 Å². The van der Waals surface area contributed by atoms with Gasteiger partial charge in [0.1, 0.15) is 10.7 Å². The zero-order valence-electron chi connectivity index (χ0n) is 9.84. The summed E-state index contributed by atoms with van der Waals surface area (Å²) in [7, 11) is 0. The first-order valence-electron chi connectivity index (χ1n) is 5.71. The van der Waals surface area contributed by atoms with Crippen LogP contribution in [0, 0.1) is 0 Å². The lowest BCUT2D eigenvalue weighted by Gasteiger charge is -1.94. The van der Waals surface area contributed by atoms with Crippen LogP contribution in [-0.2, 0) is 6.42 Å². The van der Waals surface area contributed by atoms with Gasteiger partial charge in [-0.05, 0) is 30.1 Å². The summed E-state index contributed by atoms with van der Waals surface area (Å²) in [6.45, 7) is 2.12. The fourth-order valence-electron chi connectivity index (χ4n) is 1.80. The Morgan fingerprint density at radius 3 is 3.06 bits per heavy atom. The van der Waals surface area contributed by atoms with Gasteiger partial charge in [0, 0.05) is 0 Å². The Balaban J connectivity index is 2.10. The number of nitrogens with one attached hydrogen (secondary N) is 1. The van der Waals surface area contributed by atoms with Crippen molar-refractivity contribution in [2.24, 2.45) is 0 Å². The Labute approximate surface area is 107 Å². The number of rotatable bonds is 3. The summed E-state index contributed by atoms with van der Waals surface area (Å²) >= 11 is 1.35. The number of fused-ring (bicyclic) bond motifs is 1. The Bertz CT molecular complexity index is 686. The van der Waals surface area contributed by atoms with Gasteiger partial charge in [-0.25, -0.2) is 9.97 Å². The quantitative estimate of drug-likeness (QED) is 0.751. The number of hydrogen-bond acceptors (Lipinski definition) is 6. The first kappa shape index (κ1) is 11.1. The Morgan fingerprint density at radius 2 is 2.22 bits per heavy atom. The van der Waals surface area contributed by atoms with Crippen LogP contribution in [0.15, 0.2) is 12.1 Å². The summed E-state index contributed by atoms with van der Waals surface area (Å²) in [6.07, 6.45) is 1.93. The number of anilines is 1. The molecule has 0 atom stereocenters. The average molecular weight is 260 g/mol. The van der Waals surface area contributed by atoms with E-state index in [1.54, 1.807) is 6.07 Å². The minimum atomic E-state index is 0.469. The van der Waals surface area contributed by atoms with Gasteiger partial charge in [0.2, 0.25) is 0 Å². The van der Waals surface area contributed by atoms with Crippen LogP contribution in [0.3, 0.4) is 0 Å². The van der Waals surface area contributed by atoms with Crippen molar-refractivity contribution in [1.29, 1.82) is 0 Å². The maximum Gasteiger partial charge on any atom is 0.180 e. The normalized spacial score (nSPS) is 11.2. The molecule has 0 fully saturated rings. The summed E-state index contributed by atoms with van der Waals surface area (Å²) in [5, 5.41) is 4.13. The third-order valence-electron chi connectivity index (χ3n) is 2.63. The molecule has 92 valence electrons. The largest absolute Gasteiger partial charge is 0.384 e. The minimum absolute atomic E-state index is 0.469. The molecular weight excluding hydrogens is 248 g/mol. The molecule has 0 aliphatic carbocycles. The molecule has 18 heavy (non-hydrogen) atoms. The number of imidazole rings is 1. The molecule has 6 nitrogen and oxygen atoms in total. The van der Waals surface area contributed by atoms with Gasteiger partial charge < -0.3 is 10.7 Å². The van der Waals surface area contributed by atoms with Crippen LogP contribution in [0.2, 0.25) is 0 Å². The summed E-state index contributed by atoms with van der Waals surface area (Å²) in [6, 6.07) is 3.63. The van der Waals surface area contributed by atoms with Gasteiger partial charge in [-0.3, -0.25) is 0 Å². The highest BCUT2D eigenvalue weighted by Gasteiger charge is 2.14. The monoisotopic (exact) mass is 260 g/mol. The first-order valence-corrected chi connectivity index (χ1v) is 6.49. The number of aromatic nitrogens is 5. The van der Waals surface area contributed by atoms with E-state index in [2.05, 4.69) is 31.5 Å². The van der Waals surface area contributed by atoms with Gasteiger partial charge in [0.15, 0.2) is 11.5 Å². The second-order valence-electron chi connectivity index (χ2n) is 3.99. The number of nitrogens with two attached hydrogens (primary N) is 1. The molecule has 0 aromatic carbocycles. The van der Waals surface area contributed by atoms with Crippen LogP contribution in [0.25, 0.3) is 21.9 Å². The van der Waals surface area contributed by atoms with E-state index in [4.69, 9.17) is 5.73 Å². The summed E-state index contributed by atoms with van der Waals surface area (Å²) in [5.41, 5.74) is 8.12. The molecule has 3 N–H and O–H groups in total. The maximum atomic E-state index is 5.64. The Hall–Kier alpha value is -2.02. The predicted octanol–water partition coefficient (Wildman–Crippen LogP) is 2.01. The zero-order valence-corrected chi connectivity index (χ0v) is 10.7. The molecule has 0 radical (unpaired) electrons. The van der Waals surface area contributed by atoms with Gasteiger partial charge in [-0.2, -0.15) is 0 Å². The number of aryl methyl sites for hydroxylation is 1. The lowest BCUT2D eigenvalue weighted by Crippen LogP contribution is -1.89. The second kappa shape index (κ2) is 4.34. The molecule has 7 heteroatoms. The van der Waals surface area contributed by atoms with E-state index in [0.717, 1.165) is 34.8 Å². The second-order valence-corrected chi connectivity index (χ2v) is 4.75. The fraction of sp³-hybridized carbons (Fsp3) is 0.273. The van der Waals surface area contributed by atoms with Crippen LogP contribution >= 0.6 is 11.5 Å². The molecule has 3 aromatic rings. The number of nitrogens with zero attached hydrogens (tertiary/aromatic N) is 4. The van der Waals surface area contributed by atoms with Crippen molar-refractivity contribution < 1.29 is 0 Å². The molecule has 3 aromatic heterocycles. The van der Waals surface area contributed by atoms with Gasteiger partial charge in [-0.1, -0.05) is 17.8 Å². The average Bonchev–Trinajstić information content (AvgIpc) is 2.94. The highest BCUT2D eigenvalue weighted by molar-refractivity contribution is 7.09. The van der Waals surface area contributed by atoms with Crippen LogP contribution in [0.5, 0.6) is 0 Å². The Kier molecular flexibility index (Phi) is 2.67. The highest BCUT2D eigenvalue weighted by atomic mass is 32.1. The smallest absolute Gasteiger partial charge is 0.180 e. The van der Waals surface area contributed by atoms with Gasteiger partial charge >= 0.3 is 0 Å².